The van der Waals surface area contributed by atoms with Crippen molar-refractivity contribution < 1.29 is 4.79 Å². The fourth-order valence-electron chi connectivity index (χ4n) is 3.38. The minimum absolute atomic E-state index is 0.117. The van der Waals surface area contributed by atoms with Gasteiger partial charge in [-0.1, -0.05) is 72.8 Å². The van der Waals surface area contributed by atoms with Gasteiger partial charge in [0, 0.05) is 27.8 Å². The number of hydrogen-bond acceptors (Lipinski definition) is 3. The summed E-state index contributed by atoms with van der Waals surface area (Å²) in [6.07, 6.45) is 0. The third kappa shape index (κ3) is 3.73. The number of fused-ring (bicyclic) bond motifs is 1. The van der Waals surface area contributed by atoms with Crippen molar-refractivity contribution in [1.29, 1.82) is 0 Å². The molecule has 0 saturated carbocycles. The minimum atomic E-state index is -0.117. The van der Waals surface area contributed by atoms with Crippen LogP contribution in [0, 0.1) is 0 Å². The van der Waals surface area contributed by atoms with Crippen molar-refractivity contribution in [3.63, 3.8) is 0 Å². The molecule has 144 valence electrons. The molecule has 4 aromatic carbocycles. The zero-order chi connectivity index (χ0) is 20.3. The third-order valence-electron chi connectivity index (χ3n) is 4.98. The van der Waals surface area contributed by atoms with E-state index in [1.807, 2.05) is 84.9 Å². The van der Waals surface area contributed by atoms with E-state index in [0.29, 0.717) is 5.56 Å². The van der Waals surface area contributed by atoms with E-state index < -0.39 is 0 Å². The molecule has 0 unspecified atom stereocenters. The first-order valence-corrected chi connectivity index (χ1v) is 10.6. The largest absolute Gasteiger partial charge is 0.322 e. The highest BCUT2D eigenvalue weighted by molar-refractivity contribution is 7.13. The summed E-state index contributed by atoms with van der Waals surface area (Å²) in [5, 5.41) is 8.21. The van der Waals surface area contributed by atoms with E-state index in [1.54, 1.807) is 11.3 Å². The van der Waals surface area contributed by atoms with Crippen LogP contribution < -0.4 is 5.32 Å². The molecule has 0 aliphatic heterocycles. The van der Waals surface area contributed by atoms with Crippen molar-refractivity contribution in [2.45, 2.75) is 0 Å². The third-order valence-corrected chi connectivity index (χ3v) is 5.87. The van der Waals surface area contributed by atoms with Crippen LogP contribution in [0.5, 0.6) is 0 Å². The number of nitrogens with zero attached hydrogens (tertiary/aromatic N) is 1. The Morgan fingerprint density at radius 3 is 2.27 bits per heavy atom. The van der Waals surface area contributed by atoms with E-state index in [2.05, 4.69) is 22.8 Å². The van der Waals surface area contributed by atoms with Gasteiger partial charge in [0.15, 0.2) is 0 Å². The average Bonchev–Trinajstić information content (AvgIpc) is 3.30. The Bertz CT molecular complexity index is 1320. The van der Waals surface area contributed by atoms with Crippen molar-refractivity contribution in [2.75, 3.05) is 5.32 Å². The number of benzene rings is 4. The maximum Gasteiger partial charge on any atom is 0.255 e. The molecule has 0 aliphatic rings. The lowest BCUT2D eigenvalue weighted by Gasteiger charge is -2.07. The Hall–Kier alpha value is -3.76. The molecule has 5 aromatic rings. The van der Waals surface area contributed by atoms with E-state index in [4.69, 9.17) is 4.98 Å². The summed E-state index contributed by atoms with van der Waals surface area (Å²) in [5.41, 5.74) is 4.48. The lowest BCUT2D eigenvalue weighted by Crippen LogP contribution is -2.11. The average molecular weight is 407 g/mol. The van der Waals surface area contributed by atoms with E-state index in [-0.39, 0.29) is 5.91 Å². The van der Waals surface area contributed by atoms with Crippen LogP contribution in [0.4, 0.5) is 5.69 Å². The molecule has 1 aromatic heterocycles. The fourth-order valence-corrected chi connectivity index (χ4v) is 4.21. The molecular weight excluding hydrogens is 388 g/mol. The number of rotatable bonds is 4. The van der Waals surface area contributed by atoms with Crippen LogP contribution in [-0.2, 0) is 0 Å². The molecular formula is C26H18N2OS. The summed E-state index contributed by atoms with van der Waals surface area (Å²) < 4.78 is 0. The molecule has 5 rings (SSSR count). The quantitative estimate of drug-likeness (QED) is 0.353. The predicted molar refractivity (Wildman–Crippen MR) is 125 cm³/mol. The molecule has 3 nitrogen and oxygen atoms in total. The normalized spacial score (nSPS) is 10.8. The van der Waals surface area contributed by atoms with E-state index in [9.17, 15) is 4.79 Å². The van der Waals surface area contributed by atoms with Crippen molar-refractivity contribution in [1.82, 2.24) is 4.98 Å². The molecule has 0 saturated heterocycles. The minimum Gasteiger partial charge on any atom is -0.322 e. The monoisotopic (exact) mass is 406 g/mol. The second-order valence-electron chi connectivity index (χ2n) is 7.00. The summed E-state index contributed by atoms with van der Waals surface area (Å²) in [6.45, 7) is 0. The van der Waals surface area contributed by atoms with Crippen LogP contribution in [-0.4, -0.2) is 10.9 Å². The molecule has 0 spiro atoms. The Kier molecular flexibility index (Phi) is 4.83. The summed E-state index contributed by atoms with van der Waals surface area (Å²) in [6, 6.07) is 31.7. The summed E-state index contributed by atoms with van der Waals surface area (Å²) in [5.74, 6) is -0.117. The van der Waals surface area contributed by atoms with Gasteiger partial charge in [0.25, 0.3) is 5.91 Å². The highest BCUT2D eigenvalue weighted by atomic mass is 32.1. The van der Waals surface area contributed by atoms with Gasteiger partial charge in [-0.15, -0.1) is 11.3 Å². The van der Waals surface area contributed by atoms with Crippen LogP contribution in [0.2, 0.25) is 0 Å². The fraction of sp³-hybridized carbons (Fsp3) is 0. The lowest BCUT2D eigenvalue weighted by atomic mass is 10.1. The second kappa shape index (κ2) is 7.93. The van der Waals surface area contributed by atoms with E-state index in [1.165, 1.54) is 0 Å². The van der Waals surface area contributed by atoms with Gasteiger partial charge in [0.05, 0.1) is 5.69 Å². The number of hydrogen-bond donors (Lipinski definition) is 1. The molecule has 0 fully saturated rings. The SMILES string of the molecule is O=C(Nc1ccc(-c2csc(-c3ccccc3)n2)cc1)c1ccc2ccccc2c1. The van der Waals surface area contributed by atoms with Crippen molar-refractivity contribution in [2.24, 2.45) is 0 Å². The highest BCUT2D eigenvalue weighted by Crippen LogP contribution is 2.29. The zero-order valence-corrected chi connectivity index (χ0v) is 16.9. The van der Waals surface area contributed by atoms with Gasteiger partial charge in [-0.25, -0.2) is 4.98 Å². The molecule has 4 heteroatoms. The Morgan fingerprint density at radius 2 is 1.47 bits per heavy atom. The lowest BCUT2D eigenvalue weighted by molar-refractivity contribution is 0.102. The van der Waals surface area contributed by atoms with Crippen molar-refractivity contribution in [3.8, 4) is 21.8 Å². The topological polar surface area (TPSA) is 42.0 Å². The van der Waals surface area contributed by atoms with Gasteiger partial charge in [-0.2, -0.15) is 0 Å². The Balaban J connectivity index is 1.32. The Labute approximate surface area is 178 Å². The van der Waals surface area contributed by atoms with E-state index in [0.717, 1.165) is 38.3 Å². The number of carbonyl (C=O) groups is 1. The number of aromatic nitrogens is 1. The van der Waals surface area contributed by atoms with Crippen LogP contribution >= 0.6 is 11.3 Å². The van der Waals surface area contributed by atoms with Gasteiger partial charge >= 0.3 is 0 Å². The van der Waals surface area contributed by atoms with Crippen molar-refractivity contribution >= 4 is 33.7 Å². The zero-order valence-electron chi connectivity index (χ0n) is 16.1. The van der Waals surface area contributed by atoms with Crippen LogP contribution in [0.15, 0.2) is 102 Å². The number of amides is 1. The van der Waals surface area contributed by atoms with Gasteiger partial charge in [-0.3, -0.25) is 4.79 Å². The maximum absolute atomic E-state index is 12.7. The molecule has 0 radical (unpaired) electrons. The molecule has 0 atom stereocenters. The Morgan fingerprint density at radius 1 is 0.733 bits per heavy atom. The molecule has 30 heavy (non-hydrogen) atoms. The van der Waals surface area contributed by atoms with E-state index >= 15 is 0 Å². The maximum atomic E-state index is 12.7. The number of nitrogens with one attached hydrogen (secondary N) is 1. The van der Waals surface area contributed by atoms with Crippen LogP contribution in [0.3, 0.4) is 0 Å². The van der Waals surface area contributed by atoms with Gasteiger partial charge in [0.1, 0.15) is 5.01 Å². The molecule has 1 N–H and O–H groups in total. The van der Waals surface area contributed by atoms with Crippen LogP contribution in [0.25, 0.3) is 32.6 Å². The highest BCUT2D eigenvalue weighted by Gasteiger charge is 2.09. The first kappa shape index (κ1) is 18.3. The summed E-state index contributed by atoms with van der Waals surface area (Å²) in [4.78, 5) is 17.4. The molecule has 0 aliphatic carbocycles. The molecule has 1 heterocycles. The molecule has 0 bridgehead atoms. The standard InChI is InChI=1S/C26H18N2OS/c29-25(22-11-10-18-6-4-5-9-21(18)16-22)27-23-14-12-19(13-15-23)24-17-30-26(28-24)20-7-2-1-3-8-20/h1-17H,(H,27,29). The predicted octanol–water partition coefficient (Wildman–Crippen LogP) is 6.88. The smallest absolute Gasteiger partial charge is 0.255 e. The number of thiazole rings is 1. The number of anilines is 1. The first-order valence-electron chi connectivity index (χ1n) is 9.68. The van der Waals surface area contributed by atoms with Gasteiger partial charge < -0.3 is 5.32 Å². The summed E-state index contributed by atoms with van der Waals surface area (Å²) in [7, 11) is 0. The first-order chi connectivity index (χ1) is 14.8. The van der Waals surface area contributed by atoms with Crippen LogP contribution in [0.1, 0.15) is 10.4 Å². The summed E-state index contributed by atoms with van der Waals surface area (Å²) >= 11 is 1.63. The number of carbonyl (C=O) groups excluding carboxylic acids is 1. The van der Waals surface area contributed by atoms with Gasteiger partial charge in [-0.05, 0) is 35.0 Å². The van der Waals surface area contributed by atoms with Gasteiger partial charge in [0.2, 0.25) is 0 Å². The second-order valence-corrected chi connectivity index (χ2v) is 7.86. The van der Waals surface area contributed by atoms with Crippen molar-refractivity contribution in [3.05, 3.63) is 108 Å². The molecule has 1 amide bonds.